The van der Waals surface area contributed by atoms with Crippen LogP contribution in [-0.4, -0.2) is 17.8 Å². The number of fused-ring (bicyclic) bond motifs is 3. The van der Waals surface area contributed by atoms with E-state index in [1.54, 1.807) is 11.8 Å². The number of thioether (sulfide) groups is 1. The SMILES string of the molecule is CSc1ccc(C2NCCc3c2[nH]c2ccc(Br)cc32)cc1. The van der Waals surface area contributed by atoms with Gasteiger partial charge in [-0.1, -0.05) is 28.1 Å². The topological polar surface area (TPSA) is 27.8 Å². The largest absolute Gasteiger partial charge is 0.357 e. The van der Waals surface area contributed by atoms with Crippen molar-refractivity contribution in [3.05, 3.63) is 63.8 Å². The summed E-state index contributed by atoms with van der Waals surface area (Å²) in [6.07, 6.45) is 3.19. The minimum Gasteiger partial charge on any atom is -0.357 e. The van der Waals surface area contributed by atoms with Gasteiger partial charge in [-0.3, -0.25) is 0 Å². The van der Waals surface area contributed by atoms with E-state index in [-0.39, 0.29) is 6.04 Å². The highest BCUT2D eigenvalue weighted by atomic mass is 79.9. The Morgan fingerprint density at radius 2 is 1.95 bits per heavy atom. The predicted octanol–water partition coefficient (Wildman–Crippen LogP) is 4.89. The number of benzene rings is 2. The number of halogens is 1. The van der Waals surface area contributed by atoms with Gasteiger partial charge >= 0.3 is 0 Å². The molecule has 0 saturated carbocycles. The highest BCUT2D eigenvalue weighted by molar-refractivity contribution is 9.10. The molecule has 22 heavy (non-hydrogen) atoms. The van der Waals surface area contributed by atoms with Gasteiger partial charge in [-0.15, -0.1) is 11.8 Å². The number of H-pyrrole nitrogens is 1. The summed E-state index contributed by atoms with van der Waals surface area (Å²) in [6, 6.07) is 15.6. The predicted molar refractivity (Wildman–Crippen MR) is 97.8 cm³/mol. The molecule has 4 rings (SSSR count). The zero-order valence-corrected chi connectivity index (χ0v) is 14.7. The van der Waals surface area contributed by atoms with Crippen molar-refractivity contribution >= 4 is 38.6 Å². The van der Waals surface area contributed by atoms with Crippen LogP contribution in [0.5, 0.6) is 0 Å². The Hall–Kier alpha value is -1.23. The molecule has 0 fully saturated rings. The van der Waals surface area contributed by atoms with Crippen LogP contribution < -0.4 is 5.32 Å². The molecular formula is C18H17BrN2S. The Kier molecular flexibility index (Phi) is 3.76. The molecule has 0 amide bonds. The van der Waals surface area contributed by atoms with Crippen molar-refractivity contribution < 1.29 is 0 Å². The zero-order valence-electron chi connectivity index (χ0n) is 12.3. The smallest absolute Gasteiger partial charge is 0.0732 e. The van der Waals surface area contributed by atoms with E-state index >= 15 is 0 Å². The van der Waals surface area contributed by atoms with Crippen molar-refractivity contribution in [3.8, 4) is 0 Å². The highest BCUT2D eigenvalue weighted by Gasteiger charge is 2.25. The molecule has 2 aromatic carbocycles. The van der Waals surface area contributed by atoms with Crippen LogP contribution in [0.15, 0.2) is 51.8 Å². The number of aromatic amines is 1. The second kappa shape index (κ2) is 5.76. The lowest BCUT2D eigenvalue weighted by molar-refractivity contribution is 0.560. The standard InChI is InChI=1S/C18H17BrN2S/c1-22-13-5-2-11(3-6-13)17-18-14(8-9-20-17)15-10-12(19)4-7-16(15)21-18/h2-7,10,17,20-21H,8-9H2,1H3. The molecule has 0 spiro atoms. The summed E-state index contributed by atoms with van der Waals surface area (Å²) in [5.74, 6) is 0. The molecule has 0 aliphatic carbocycles. The van der Waals surface area contributed by atoms with Gasteiger partial charge in [-0.2, -0.15) is 0 Å². The zero-order chi connectivity index (χ0) is 15.1. The van der Waals surface area contributed by atoms with Crippen molar-refractivity contribution in [2.75, 3.05) is 12.8 Å². The molecule has 2 heterocycles. The lowest BCUT2D eigenvalue weighted by Crippen LogP contribution is -2.30. The molecule has 2 N–H and O–H groups in total. The molecule has 2 nitrogen and oxygen atoms in total. The fourth-order valence-corrected chi connectivity index (χ4v) is 4.05. The van der Waals surface area contributed by atoms with Crippen LogP contribution in [0.1, 0.15) is 22.9 Å². The minimum atomic E-state index is 0.255. The molecule has 3 aromatic rings. The Bertz CT molecular complexity index is 823. The summed E-state index contributed by atoms with van der Waals surface area (Å²) in [5, 5.41) is 5.00. The van der Waals surface area contributed by atoms with Gasteiger partial charge in [0.05, 0.1) is 6.04 Å². The van der Waals surface area contributed by atoms with E-state index < -0.39 is 0 Å². The Labute approximate surface area is 142 Å². The maximum Gasteiger partial charge on any atom is 0.0732 e. The molecule has 0 saturated heterocycles. The van der Waals surface area contributed by atoms with Gasteiger partial charge in [-0.05, 0) is 54.1 Å². The van der Waals surface area contributed by atoms with Crippen molar-refractivity contribution in [3.63, 3.8) is 0 Å². The van der Waals surface area contributed by atoms with E-state index in [1.807, 2.05) is 0 Å². The average Bonchev–Trinajstić information content (AvgIpc) is 2.93. The van der Waals surface area contributed by atoms with Crippen molar-refractivity contribution in [2.45, 2.75) is 17.4 Å². The third-order valence-electron chi connectivity index (χ3n) is 4.36. The summed E-state index contributed by atoms with van der Waals surface area (Å²) in [5.41, 5.74) is 5.32. The summed E-state index contributed by atoms with van der Waals surface area (Å²) < 4.78 is 1.14. The van der Waals surface area contributed by atoms with Gasteiger partial charge in [0.2, 0.25) is 0 Å². The Balaban J connectivity index is 1.82. The quantitative estimate of drug-likeness (QED) is 0.626. The van der Waals surface area contributed by atoms with Crippen molar-refractivity contribution in [2.24, 2.45) is 0 Å². The number of hydrogen-bond acceptors (Lipinski definition) is 2. The molecule has 0 radical (unpaired) electrons. The van der Waals surface area contributed by atoms with E-state index in [0.717, 1.165) is 17.4 Å². The maximum absolute atomic E-state index is 3.65. The molecule has 1 unspecified atom stereocenters. The van der Waals surface area contributed by atoms with E-state index in [2.05, 4.69) is 75.0 Å². The van der Waals surface area contributed by atoms with Crippen LogP contribution >= 0.6 is 27.7 Å². The van der Waals surface area contributed by atoms with Gasteiger partial charge in [0.15, 0.2) is 0 Å². The third kappa shape index (κ3) is 2.39. The number of hydrogen-bond donors (Lipinski definition) is 2. The van der Waals surface area contributed by atoms with E-state index in [4.69, 9.17) is 0 Å². The maximum atomic E-state index is 3.65. The fraction of sp³-hybridized carbons (Fsp3) is 0.222. The van der Waals surface area contributed by atoms with E-state index in [0.29, 0.717) is 0 Å². The fourth-order valence-electron chi connectivity index (χ4n) is 3.28. The molecule has 1 aromatic heterocycles. The van der Waals surface area contributed by atoms with Crippen LogP contribution in [0.3, 0.4) is 0 Å². The van der Waals surface area contributed by atoms with Gasteiger partial charge < -0.3 is 10.3 Å². The van der Waals surface area contributed by atoms with E-state index in [1.165, 1.54) is 32.6 Å². The summed E-state index contributed by atoms with van der Waals surface area (Å²) in [7, 11) is 0. The molecule has 1 aliphatic heterocycles. The first-order valence-corrected chi connectivity index (χ1v) is 9.45. The highest BCUT2D eigenvalue weighted by Crippen LogP contribution is 2.35. The first kappa shape index (κ1) is 14.4. The first-order chi connectivity index (χ1) is 10.8. The van der Waals surface area contributed by atoms with Crippen molar-refractivity contribution in [1.82, 2.24) is 10.3 Å². The minimum absolute atomic E-state index is 0.255. The Morgan fingerprint density at radius 3 is 2.73 bits per heavy atom. The van der Waals surface area contributed by atoms with Crippen molar-refractivity contribution in [1.29, 1.82) is 0 Å². The lowest BCUT2D eigenvalue weighted by Gasteiger charge is -2.25. The second-order valence-corrected chi connectivity index (χ2v) is 7.41. The summed E-state index contributed by atoms with van der Waals surface area (Å²) in [6.45, 7) is 1.02. The normalized spacial score (nSPS) is 17.6. The molecule has 4 heteroatoms. The van der Waals surface area contributed by atoms with Crippen LogP contribution in [-0.2, 0) is 6.42 Å². The molecule has 112 valence electrons. The van der Waals surface area contributed by atoms with Gasteiger partial charge in [0.1, 0.15) is 0 Å². The number of rotatable bonds is 2. The lowest BCUT2D eigenvalue weighted by atomic mass is 9.94. The van der Waals surface area contributed by atoms with Gasteiger partial charge in [0, 0.05) is 32.5 Å². The molecule has 1 aliphatic rings. The number of nitrogens with one attached hydrogen (secondary N) is 2. The average molecular weight is 373 g/mol. The molecule has 1 atom stereocenters. The Morgan fingerprint density at radius 1 is 1.14 bits per heavy atom. The first-order valence-electron chi connectivity index (χ1n) is 7.43. The summed E-state index contributed by atoms with van der Waals surface area (Å²) in [4.78, 5) is 4.94. The van der Waals surface area contributed by atoms with Crippen LogP contribution in [0, 0.1) is 0 Å². The monoisotopic (exact) mass is 372 g/mol. The van der Waals surface area contributed by atoms with Gasteiger partial charge in [-0.25, -0.2) is 0 Å². The molecular weight excluding hydrogens is 356 g/mol. The van der Waals surface area contributed by atoms with Gasteiger partial charge in [0.25, 0.3) is 0 Å². The van der Waals surface area contributed by atoms with Crippen LogP contribution in [0.4, 0.5) is 0 Å². The van der Waals surface area contributed by atoms with E-state index in [9.17, 15) is 0 Å². The summed E-state index contributed by atoms with van der Waals surface area (Å²) >= 11 is 5.37. The van der Waals surface area contributed by atoms with Crippen LogP contribution in [0.25, 0.3) is 10.9 Å². The second-order valence-electron chi connectivity index (χ2n) is 5.62. The molecule has 0 bridgehead atoms. The number of aromatic nitrogens is 1. The van der Waals surface area contributed by atoms with Crippen LogP contribution in [0.2, 0.25) is 0 Å². The third-order valence-corrected chi connectivity index (χ3v) is 5.60.